The van der Waals surface area contributed by atoms with Crippen LogP contribution in [0.15, 0.2) is 0 Å². The van der Waals surface area contributed by atoms with Gasteiger partial charge in [0, 0.05) is 5.41 Å². The summed E-state index contributed by atoms with van der Waals surface area (Å²) < 4.78 is 3.86. The lowest BCUT2D eigenvalue weighted by Gasteiger charge is -2.38. The van der Waals surface area contributed by atoms with Crippen molar-refractivity contribution < 1.29 is 30.3 Å². The van der Waals surface area contributed by atoms with Crippen LogP contribution in [0.25, 0.3) is 0 Å². The summed E-state index contributed by atoms with van der Waals surface area (Å²) in [5, 5.41) is 49.2. The third kappa shape index (κ3) is 1.08. The molecule has 16 heavy (non-hydrogen) atoms. The second kappa shape index (κ2) is 3.28. The lowest BCUT2D eigenvalue weighted by molar-refractivity contribution is -0.288. The number of rotatable bonds is 1. The van der Waals surface area contributed by atoms with Gasteiger partial charge in [-0.1, -0.05) is 13.8 Å². The van der Waals surface area contributed by atoms with Crippen LogP contribution in [0.2, 0.25) is 0 Å². The average molecular weight is 346 g/mol. The molecule has 2 aliphatic rings. The van der Waals surface area contributed by atoms with Crippen molar-refractivity contribution in [3.8, 4) is 0 Å². The highest BCUT2D eigenvalue weighted by molar-refractivity contribution is 14.1. The van der Waals surface area contributed by atoms with Crippen LogP contribution in [0.5, 0.6) is 0 Å². The Morgan fingerprint density at radius 3 is 2.12 bits per heavy atom. The van der Waals surface area contributed by atoms with Crippen LogP contribution in [0, 0.1) is 5.41 Å². The molecule has 94 valence electrons. The van der Waals surface area contributed by atoms with Gasteiger partial charge in [0.25, 0.3) is 0 Å². The van der Waals surface area contributed by atoms with Crippen LogP contribution in [0.1, 0.15) is 13.8 Å². The predicted octanol–water partition coefficient (Wildman–Crippen LogP) is -1.68. The zero-order valence-electron chi connectivity index (χ0n) is 8.83. The summed E-state index contributed by atoms with van der Waals surface area (Å²) in [6, 6.07) is 0. The van der Waals surface area contributed by atoms with Crippen LogP contribution in [0.4, 0.5) is 0 Å². The fraction of sp³-hybridized carbons (Fsp3) is 1.00. The van der Waals surface area contributed by atoms with Gasteiger partial charge < -0.3 is 30.3 Å². The van der Waals surface area contributed by atoms with Crippen LogP contribution in [-0.2, 0) is 4.74 Å². The standard InChI is InChI=1S/C9H15IO6/c1-7(2)8(14)3(11)6(13)16-4(5(10)12)9(7,8)15/h3-6,11-15H,1-2H3/t3-,4+,5?,6?,8-,9+/m0/s1. The molecule has 2 rings (SSSR count). The van der Waals surface area contributed by atoms with Gasteiger partial charge in [0.15, 0.2) is 6.29 Å². The summed E-state index contributed by atoms with van der Waals surface area (Å²) in [7, 11) is 0. The molecule has 5 N–H and O–H groups in total. The molecule has 6 atom stereocenters. The second-order valence-corrected chi connectivity index (χ2v) is 6.20. The Morgan fingerprint density at radius 2 is 1.69 bits per heavy atom. The van der Waals surface area contributed by atoms with Crippen molar-refractivity contribution in [1.29, 1.82) is 0 Å². The molecule has 1 heterocycles. The first-order valence-corrected chi connectivity index (χ1v) is 6.15. The molecule has 0 amide bonds. The molecule has 0 aromatic carbocycles. The SMILES string of the molecule is CC1(C)[C@]2(O)[C@@H](C(O)I)OC(O)[C@H](O)[C@]12O. The van der Waals surface area contributed by atoms with Gasteiger partial charge in [-0.05, 0) is 22.6 Å². The number of hydrogen-bond acceptors (Lipinski definition) is 6. The normalized spacial score (nSPS) is 56.6. The Bertz CT molecular complexity index is 321. The van der Waals surface area contributed by atoms with Gasteiger partial charge in [-0.3, -0.25) is 0 Å². The van der Waals surface area contributed by atoms with Crippen molar-refractivity contribution in [3.63, 3.8) is 0 Å². The van der Waals surface area contributed by atoms with Crippen LogP contribution >= 0.6 is 22.6 Å². The minimum absolute atomic E-state index is 1.06. The van der Waals surface area contributed by atoms with E-state index in [9.17, 15) is 25.5 Å². The van der Waals surface area contributed by atoms with Crippen molar-refractivity contribution in [3.05, 3.63) is 0 Å². The van der Waals surface area contributed by atoms with Gasteiger partial charge in [0.1, 0.15) is 27.5 Å². The molecular weight excluding hydrogens is 331 g/mol. The van der Waals surface area contributed by atoms with Gasteiger partial charge in [0.2, 0.25) is 0 Å². The third-order valence-corrected chi connectivity index (χ3v) is 4.72. The minimum Gasteiger partial charge on any atom is -0.385 e. The van der Waals surface area contributed by atoms with E-state index in [0.29, 0.717) is 0 Å². The van der Waals surface area contributed by atoms with E-state index in [1.54, 1.807) is 36.4 Å². The minimum atomic E-state index is -1.87. The van der Waals surface area contributed by atoms with Crippen molar-refractivity contribution in [2.24, 2.45) is 5.41 Å². The van der Waals surface area contributed by atoms with Crippen molar-refractivity contribution in [2.75, 3.05) is 0 Å². The van der Waals surface area contributed by atoms with E-state index in [-0.39, 0.29) is 0 Å². The van der Waals surface area contributed by atoms with E-state index in [1.807, 2.05) is 0 Å². The summed E-state index contributed by atoms with van der Waals surface area (Å²) in [6.07, 6.45) is -4.37. The van der Waals surface area contributed by atoms with E-state index in [4.69, 9.17) is 4.74 Å². The molecule has 1 saturated carbocycles. The van der Waals surface area contributed by atoms with Gasteiger partial charge in [0.05, 0.1) is 0 Å². The molecule has 2 fully saturated rings. The molecule has 0 bridgehead atoms. The lowest BCUT2D eigenvalue weighted by Crippen LogP contribution is -2.59. The van der Waals surface area contributed by atoms with Crippen molar-refractivity contribution in [1.82, 2.24) is 0 Å². The first kappa shape index (κ1) is 12.9. The molecule has 1 aliphatic carbocycles. The Kier molecular flexibility index (Phi) is 2.65. The van der Waals surface area contributed by atoms with E-state index in [0.717, 1.165) is 0 Å². The van der Waals surface area contributed by atoms with Crippen LogP contribution < -0.4 is 0 Å². The number of aliphatic hydroxyl groups is 5. The highest BCUT2D eigenvalue weighted by atomic mass is 127. The number of fused-ring (bicyclic) bond motifs is 1. The third-order valence-electron chi connectivity index (χ3n) is 4.07. The summed E-state index contributed by atoms with van der Waals surface area (Å²) in [5.74, 6) is 0. The Labute approximate surface area is 106 Å². The Morgan fingerprint density at radius 1 is 1.19 bits per heavy atom. The second-order valence-electron chi connectivity index (χ2n) is 4.92. The van der Waals surface area contributed by atoms with Gasteiger partial charge in [-0.15, -0.1) is 0 Å². The molecule has 6 nitrogen and oxygen atoms in total. The van der Waals surface area contributed by atoms with Crippen molar-refractivity contribution in [2.45, 2.75) is 47.7 Å². The Hall–Kier alpha value is 0.490. The summed E-state index contributed by atoms with van der Waals surface area (Å²) in [5.41, 5.74) is -4.69. The zero-order valence-corrected chi connectivity index (χ0v) is 11.0. The number of aliphatic hydroxyl groups excluding tert-OH is 3. The summed E-state index contributed by atoms with van der Waals surface area (Å²) in [6.45, 7) is 3.09. The predicted molar refractivity (Wildman–Crippen MR) is 60.6 cm³/mol. The van der Waals surface area contributed by atoms with Gasteiger partial charge in [-0.25, -0.2) is 0 Å². The molecule has 7 heteroatoms. The first-order valence-electron chi connectivity index (χ1n) is 4.91. The van der Waals surface area contributed by atoms with Gasteiger partial charge in [-0.2, -0.15) is 0 Å². The quantitative estimate of drug-likeness (QED) is 0.287. The fourth-order valence-corrected chi connectivity index (χ4v) is 3.55. The fourth-order valence-electron chi connectivity index (χ4n) is 2.86. The van der Waals surface area contributed by atoms with E-state index < -0.39 is 39.2 Å². The maximum atomic E-state index is 10.3. The summed E-state index contributed by atoms with van der Waals surface area (Å²) >= 11 is 1.62. The molecule has 1 aliphatic heterocycles. The maximum Gasteiger partial charge on any atom is 0.184 e. The molecule has 1 saturated heterocycles. The summed E-state index contributed by atoms with van der Waals surface area (Å²) in [4.78, 5) is 0. The number of alkyl halides is 1. The molecule has 0 radical (unpaired) electrons. The molecule has 0 spiro atoms. The number of ether oxygens (including phenoxy) is 1. The van der Waals surface area contributed by atoms with Crippen LogP contribution in [-0.4, -0.2) is 59.3 Å². The smallest absolute Gasteiger partial charge is 0.184 e. The first-order chi connectivity index (χ1) is 7.12. The number of hydrogen-bond donors (Lipinski definition) is 5. The largest absolute Gasteiger partial charge is 0.385 e. The molecule has 0 aromatic heterocycles. The molecular formula is C9H15IO6. The van der Waals surface area contributed by atoms with E-state index in [2.05, 4.69) is 0 Å². The van der Waals surface area contributed by atoms with E-state index in [1.165, 1.54) is 0 Å². The van der Waals surface area contributed by atoms with Crippen molar-refractivity contribution >= 4 is 22.6 Å². The maximum absolute atomic E-state index is 10.3. The average Bonchev–Trinajstić information content (AvgIpc) is 2.53. The monoisotopic (exact) mass is 346 g/mol. The lowest BCUT2D eigenvalue weighted by atomic mass is 9.99. The zero-order chi connectivity index (χ0) is 12.5. The molecule has 2 unspecified atom stereocenters. The highest BCUT2D eigenvalue weighted by Crippen LogP contribution is 2.71. The van der Waals surface area contributed by atoms with E-state index >= 15 is 0 Å². The van der Waals surface area contributed by atoms with Crippen LogP contribution in [0.3, 0.4) is 0 Å². The van der Waals surface area contributed by atoms with Gasteiger partial charge >= 0.3 is 0 Å². The topological polar surface area (TPSA) is 110 Å². The molecule has 0 aromatic rings. The highest BCUT2D eigenvalue weighted by Gasteiger charge is 2.91. The number of halogens is 1. The Balaban J connectivity index is 2.44.